The van der Waals surface area contributed by atoms with E-state index in [1.807, 2.05) is 49.4 Å². The van der Waals surface area contributed by atoms with Gasteiger partial charge >= 0.3 is 0 Å². The number of hydrogen-bond donors (Lipinski definition) is 2. The second kappa shape index (κ2) is 9.70. The molecular formula is C25H23N3O4S. The van der Waals surface area contributed by atoms with Gasteiger partial charge in [-0.25, -0.2) is 13.4 Å². The fourth-order valence-corrected chi connectivity index (χ4v) is 4.30. The summed E-state index contributed by atoms with van der Waals surface area (Å²) in [5.41, 5.74) is 0.470. The summed E-state index contributed by atoms with van der Waals surface area (Å²) in [5, 5.41) is 4.91. The molecule has 3 aromatic carbocycles. The molecule has 1 heterocycles. The van der Waals surface area contributed by atoms with Gasteiger partial charge in [-0.1, -0.05) is 43.3 Å². The van der Waals surface area contributed by atoms with Crippen LogP contribution in [0.4, 0.5) is 11.5 Å². The Labute approximate surface area is 192 Å². The van der Waals surface area contributed by atoms with Gasteiger partial charge < -0.3 is 10.1 Å². The Kier molecular flexibility index (Phi) is 6.55. The number of nitrogens with one attached hydrogen (secondary N) is 2. The molecule has 1 atom stereocenters. The maximum Gasteiger partial charge on any atom is 0.265 e. The van der Waals surface area contributed by atoms with Crippen LogP contribution in [0.1, 0.15) is 13.3 Å². The first-order valence-corrected chi connectivity index (χ1v) is 11.9. The number of aromatic nitrogens is 1. The van der Waals surface area contributed by atoms with Crippen LogP contribution in [0.25, 0.3) is 10.8 Å². The number of amides is 1. The molecule has 7 nitrogen and oxygen atoms in total. The van der Waals surface area contributed by atoms with Crippen molar-refractivity contribution < 1.29 is 17.9 Å². The molecule has 0 unspecified atom stereocenters. The van der Waals surface area contributed by atoms with Gasteiger partial charge in [0.15, 0.2) is 6.10 Å². The summed E-state index contributed by atoms with van der Waals surface area (Å²) in [6.07, 6.45) is 1.28. The minimum absolute atomic E-state index is 0.0607. The highest BCUT2D eigenvalue weighted by atomic mass is 32.2. The van der Waals surface area contributed by atoms with E-state index in [2.05, 4.69) is 15.0 Å². The summed E-state index contributed by atoms with van der Waals surface area (Å²) < 4.78 is 33.4. The van der Waals surface area contributed by atoms with Crippen molar-refractivity contribution in [1.29, 1.82) is 0 Å². The summed E-state index contributed by atoms with van der Waals surface area (Å²) in [7, 11) is -3.79. The Bertz CT molecular complexity index is 1360. The van der Waals surface area contributed by atoms with Gasteiger partial charge in [-0.15, -0.1) is 0 Å². The van der Waals surface area contributed by atoms with Crippen molar-refractivity contribution in [2.75, 3.05) is 10.0 Å². The number of fused-ring (bicyclic) bond motifs is 1. The van der Waals surface area contributed by atoms with E-state index in [0.29, 0.717) is 17.9 Å². The van der Waals surface area contributed by atoms with Crippen LogP contribution in [0.5, 0.6) is 5.75 Å². The van der Waals surface area contributed by atoms with E-state index in [1.54, 1.807) is 18.2 Å². The van der Waals surface area contributed by atoms with Crippen LogP contribution in [0, 0.1) is 0 Å². The molecule has 1 amide bonds. The predicted molar refractivity (Wildman–Crippen MR) is 129 cm³/mol. The van der Waals surface area contributed by atoms with E-state index in [0.717, 1.165) is 10.8 Å². The van der Waals surface area contributed by atoms with Gasteiger partial charge in [0.1, 0.15) is 11.6 Å². The third kappa shape index (κ3) is 5.48. The van der Waals surface area contributed by atoms with Crippen molar-refractivity contribution in [2.45, 2.75) is 24.3 Å². The van der Waals surface area contributed by atoms with Crippen LogP contribution in [0.2, 0.25) is 0 Å². The number of anilines is 2. The Morgan fingerprint density at radius 2 is 1.67 bits per heavy atom. The molecule has 0 aliphatic rings. The molecule has 0 saturated heterocycles. The number of pyridine rings is 1. The molecule has 0 spiro atoms. The standard InChI is InChI=1S/C25H23N3O4S/c1-2-23(32-21-13-10-18-7-3-4-8-19(18)17-21)25(29)27-20-11-14-22(15-12-20)33(30,31)28-24-9-5-6-16-26-24/h3-17,23H,2H2,1H3,(H,26,28)(H,27,29)/t23-/m0/s1. The van der Waals surface area contributed by atoms with Gasteiger partial charge in [0.2, 0.25) is 0 Å². The van der Waals surface area contributed by atoms with E-state index in [1.165, 1.54) is 30.5 Å². The fourth-order valence-electron chi connectivity index (χ4n) is 3.29. The molecule has 4 rings (SSSR count). The number of sulfonamides is 1. The first kappa shape index (κ1) is 22.3. The second-order valence-electron chi connectivity index (χ2n) is 7.36. The summed E-state index contributed by atoms with van der Waals surface area (Å²) in [6, 6.07) is 24.5. The summed E-state index contributed by atoms with van der Waals surface area (Å²) in [4.78, 5) is 16.8. The molecule has 8 heteroatoms. The zero-order valence-corrected chi connectivity index (χ0v) is 18.7. The number of carbonyl (C=O) groups is 1. The zero-order chi connectivity index (χ0) is 23.3. The van der Waals surface area contributed by atoms with E-state index >= 15 is 0 Å². The first-order valence-electron chi connectivity index (χ1n) is 10.4. The summed E-state index contributed by atoms with van der Waals surface area (Å²) >= 11 is 0. The highest BCUT2D eigenvalue weighted by molar-refractivity contribution is 7.92. The Hall–Kier alpha value is -3.91. The molecule has 1 aromatic heterocycles. The molecule has 0 saturated carbocycles. The van der Waals surface area contributed by atoms with Crippen LogP contribution >= 0.6 is 0 Å². The van der Waals surface area contributed by atoms with Gasteiger partial charge in [0, 0.05) is 11.9 Å². The Morgan fingerprint density at radius 3 is 2.36 bits per heavy atom. The van der Waals surface area contributed by atoms with E-state index in [-0.39, 0.29) is 16.6 Å². The molecule has 2 N–H and O–H groups in total. The lowest BCUT2D eigenvalue weighted by molar-refractivity contribution is -0.122. The van der Waals surface area contributed by atoms with Crippen LogP contribution in [-0.2, 0) is 14.8 Å². The van der Waals surface area contributed by atoms with Gasteiger partial charge in [-0.2, -0.15) is 0 Å². The monoisotopic (exact) mass is 461 g/mol. The molecule has 0 fully saturated rings. The minimum Gasteiger partial charge on any atom is -0.481 e. The first-order chi connectivity index (χ1) is 15.9. The van der Waals surface area contributed by atoms with Crippen LogP contribution in [-0.4, -0.2) is 25.4 Å². The average molecular weight is 462 g/mol. The van der Waals surface area contributed by atoms with Gasteiger partial charge in [0.05, 0.1) is 4.90 Å². The van der Waals surface area contributed by atoms with Crippen molar-refractivity contribution in [1.82, 2.24) is 4.98 Å². The van der Waals surface area contributed by atoms with Crippen molar-refractivity contribution >= 4 is 38.2 Å². The maximum absolute atomic E-state index is 12.8. The van der Waals surface area contributed by atoms with Crippen LogP contribution < -0.4 is 14.8 Å². The predicted octanol–water partition coefficient (Wildman–Crippen LogP) is 4.83. The highest BCUT2D eigenvalue weighted by Crippen LogP contribution is 2.23. The van der Waals surface area contributed by atoms with Crippen molar-refractivity contribution in [3.8, 4) is 5.75 Å². The SMILES string of the molecule is CC[C@H](Oc1ccc2ccccc2c1)C(=O)Nc1ccc(S(=O)(=O)Nc2ccccn2)cc1. The molecule has 168 valence electrons. The van der Waals surface area contributed by atoms with E-state index in [4.69, 9.17) is 4.74 Å². The molecule has 0 radical (unpaired) electrons. The van der Waals surface area contributed by atoms with Gasteiger partial charge in [0.25, 0.3) is 15.9 Å². The fraction of sp³-hybridized carbons (Fsp3) is 0.120. The number of hydrogen-bond acceptors (Lipinski definition) is 5. The minimum atomic E-state index is -3.79. The molecule has 0 aliphatic carbocycles. The lowest BCUT2D eigenvalue weighted by Gasteiger charge is -2.18. The van der Waals surface area contributed by atoms with E-state index < -0.39 is 16.1 Å². The zero-order valence-electron chi connectivity index (χ0n) is 17.9. The third-order valence-electron chi connectivity index (χ3n) is 5.00. The quantitative estimate of drug-likeness (QED) is 0.392. The molecule has 0 aliphatic heterocycles. The lowest BCUT2D eigenvalue weighted by Crippen LogP contribution is -2.32. The normalized spacial score (nSPS) is 12.2. The number of rotatable bonds is 8. The molecular weight excluding hydrogens is 438 g/mol. The summed E-state index contributed by atoms with van der Waals surface area (Å²) in [5.74, 6) is 0.525. The van der Waals surface area contributed by atoms with Crippen LogP contribution in [0.3, 0.4) is 0 Å². The Balaban J connectivity index is 1.42. The number of nitrogens with zero attached hydrogens (tertiary/aromatic N) is 1. The number of carbonyl (C=O) groups excluding carboxylic acids is 1. The number of ether oxygens (including phenoxy) is 1. The molecule has 4 aromatic rings. The molecule has 33 heavy (non-hydrogen) atoms. The second-order valence-corrected chi connectivity index (χ2v) is 9.04. The Morgan fingerprint density at radius 1 is 0.939 bits per heavy atom. The van der Waals surface area contributed by atoms with Crippen molar-refractivity contribution in [2.24, 2.45) is 0 Å². The smallest absolute Gasteiger partial charge is 0.265 e. The van der Waals surface area contributed by atoms with E-state index in [9.17, 15) is 13.2 Å². The number of benzene rings is 3. The largest absolute Gasteiger partial charge is 0.481 e. The average Bonchev–Trinajstić information content (AvgIpc) is 2.83. The van der Waals surface area contributed by atoms with Crippen molar-refractivity contribution in [3.05, 3.63) is 91.1 Å². The van der Waals surface area contributed by atoms with Crippen molar-refractivity contribution in [3.63, 3.8) is 0 Å². The van der Waals surface area contributed by atoms with Gasteiger partial charge in [-0.3, -0.25) is 9.52 Å². The van der Waals surface area contributed by atoms with Crippen LogP contribution in [0.15, 0.2) is 96.0 Å². The third-order valence-corrected chi connectivity index (χ3v) is 6.37. The lowest BCUT2D eigenvalue weighted by atomic mass is 10.1. The molecule has 0 bridgehead atoms. The maximum atomic E-state index is 12.8. The van der Waals surface area contributed by atoms with Gasteiger partial charge in [-0.05, 0) is 65.7 Å². The summed E-state index contributed by atoms with van der Waals surface area (Å²) in [6.45, 7) is 1.87. The topological polar surface area (TPSA) is 97.4 Å². The highest BCUT2D eigenvalue weighted by Gasteiger charge is 2.20.